The van der Waals surface area contributed by atoms with E-state index < -0.39 is 0 Å². The van der Waals surface area contributed by atoms with Crippen molar-refractivity contribution in [1.29, 1.82) is 0 Å². The summed E-state index contributed by atoms with van der Waals surface area (Å²) < 4.78 is 0. The smallest absolute Gasteiger partial charge is 0.160 e. The number of para-hydroxylation sites is 1. The van der Waals surface area contributed by atoms with Gasteiger partial charge in [-0.1, -0.05) is 82.6 Å². The Hall–Kier alpha value is -1.44. The summed E-state index contributed by atoms with van der Waals surface area (Å²) in [6.07, 6.45) is 22.4. The van der Waals surface area contributed by atoms with E-state index in [9.17, 15) is 10.2 Å². The van der Waals surface area contributed by atoms with Gasteiger partial charge in [-0.15, -0.1) is 0 Å². The Morgan fingerprint density at radius 2 is 1.28 bits per heavy atom. The molecule has 0 aliphatic carbocycles. The third-order valence-electron chi connectivity index (χ3n) is 4.81. The van der Waals surface area contributed by atoms with E-state index >= 15 is 0 Å². The number of aromatic hydroxyl groups is 2. The first-order valence-electron chi connectivity index (χ1n) is 10.4. The lowest BCUT2D eigenvalue weighted by Crippen LogP contribution is -1.87. The quantitative estimate of drug-likeness (QED) is 0.199. The maximum atomic E-state index is 9.76. The largest absolute Gasteiger partial charge is 0.504 e. The van der Waals surface area contributed by atoms with Gasteiger partial charge in [0.1, 0.15) is 0 Å². The van der Waals surface area contributed by atoms with Crippen LogP contribution in [0, 0.1) is 0 Å². The second-order valence-electron chi connectivity index (χ2n) is 7.12. The molecule has 2 nitrogen and oxygen atoms in total. The van der Waals surface area contributed by atoms with Crippen LogP contribution in [0.25, 0.3) is 0 Å². The summed E-state index contributed by atoms with van der Waals surface area (Å²) in [7, 11) is 0. The summed E-state index contributed by atoms with van der Waals surface area (Å²) in [5.41, 5.74) is 0.862. The first-order chi connectivity index (χ1) is 12.3. The fourth-order valence-electron chi connectivity index (χ4n) is 3.17. The average Bonchev–Trinajstić information content (AvgIpc) is 2.61. The van der Waals surface area contributed by atoms with Crippen LogP contribution in [0.2, 0.25) is 0 Å². The van der Waals surface area contributed by atoms with Crippen LogP contribution in [-0.4, -0.2) is 10.2 Å². The Morgan fingerprint density at radius 1 is 0.720 bits per heavy atom. The topological polar surface area (TPSA) is 40.5 Å². The highest BCUT2D eigenvalue weighted by atomic mass is 16.3. The summed E-state index contributed by atoms with van der Waals surface area (Å²) in [6.45, 7) is 2.26. The van der Waals surface area contributed by atoms with Gasteiger partial charge in [0.05, 0.1) is 0 Å². The third kappa shape index (κ3) is 10.9. The zero-order valence-corrected chi connectivity index (χ0v) is 16.2. The molecule has 142 valence electrons. The zero-order valence-electron chi connectivity index (χ0n) is 16.2. The van der Waals surface area contributed by atoms with E-state index in [1.165, 1.54) is 83.1 Å². The molecule has 0 fully saturated rings. The molecule has 0 aromatic heterocycles. The fourth-order valence-corrected chi connectivity index (χ4v) is 3.17. The summed E-state index contributed by atoms with van der Waals surface area (Å²) in [5, 5.41) is 19.2. The Balaban J connectivity index is 1.87. The first kappa shape index (κ1) is 21.6. The van der Waals surface area contributed by atoms with Crippen molar-refractivity contribution in [2.75, 3.05) is 0 Å². The van der Waals surface area contributed by atoms with Crippen molar-refractivity contribution in [3.8, 4) is 11.5 Å². The van der Waals surface area contributed by atoms with Gasteiger partial charge in [0.2, 0.25) is 0 Å². The lowest BCUT2D eigenvalue weighted by Gasteiger charge is -2.06. The fraction of sp³-hybridized carbons (Fsp3) is 0.652. The van der Waals surface area contributed by atoms with E-state index in [-0.39, 0.29) is 11.5 Å². The van der Waals surface area contributed by atoms with Gasteiger partial charge in [-0.2, -0.15) is 0 Å². The lowest BCUT2D eigenvalue weighted by atomic mass is 10.0. The number of hydrogen-bond acceptors (Lipinski definition) is 2. The van der Waals surface area contributed by atoms with Crippen LogP contribution in [-0.2, 0) is 6.42 Å². The number of aryl methyl sites for hydroxylation is 1. The Bertz CT molecular complexity index is 465. The van der Waals surface area contributed by atoms with Gasteiger partial charge in [0.15, 0.2) is 11.5 Å². The van der Waals surface area contributed by atoms with E-state index in [1.807, 2.05) is 6.07 Å². The molecule has 0 atom stereocenters. The van der Waals surface area contributed by atoms with Crippen LogP contribution >= 0.6 is 0 Å². The van der Waals surface area contributed by atoms with Gasteiger partial charge in [0, 0.05) is 0 Å². The highest BCUT2D eigenvalue weighted by Crippen LogP contribution is 2.29. The predicted molar refractivity (Wildman–Crippen MR) is 108 cm³/mol. The number of phenolic OH excluding ortho intramolecular Hbond substituents is 2. The van der Waals surface area contributed by atoms with Crippen molar-refractivity contribution >= 4 is 0 Å². The second-order valence-corrected chi connectivity index (χ2v) is 7.12. The zero-order chi connectivity index (χ0) is 18.2. The van der Waals surface area contributed by atoms with E-state index in [1.54, 1.807) is 6.07 Å². The molecule has 0 aliphatic heterocycles. The van der Waals surface area contributed by atoms with E-state index in [0.29, 0.717) is 0 Å². The maximum Gasteiger partial charge on any atom is 0.160 e. The summed E-state index contributed by atoms with van der Waals surface area (Å²) in [5.74, 6) is 0.0495. The van der Waals surface area contributed by atoms with Gasteiger partial charge in [-0.05, 0) is 50.2 Å². The van der Waals surface area contributed by atoms with E-state index in [4.69, 9.17) is 0 Å². The number of unbranched alkanes of at least 4 members (excludes halogenated alkanes) is 11. The van der Waals surface area contributed by atoms with Gasteiger partial charge in [-0.3, -0.25) is 0 Å². The van der Waals surface area contributed by atoms with Crippen LogP contribution in [0.4, 0.5) is 0 Å². The van der Waals surface area contributed by atoms with Crippen molar-refractivity contribution in [2.45, 2.75) is 96.8 Å². The number of hydrogen-bond donors (Lipinski definition) is 2. The molecule has 0 spiro atoms. The average molecular weight is 347 g/mol. The summed E-state index contributed by atoms with van der Waals surface area (Å²) in [4.78, 5) is 0. The van der Waals surface area contributed by atoms with E-state index in [2.05, 4.69) is 19.1 Å². The highest BCUT2D eigenvalue weighted by molar-refractivity contribution is 5.44. The Kier molecular flexibility index (Phi) is 12.8. The van der Waals surface area contributed by atoms with Crippen LogP contribution < -0.4 is 0 Å². The summed E-state index contributed by atoms with van der Waals surface area (Å²) >= 11 is 0. The molecule has 0 aliphatic rings. The SMILES string of the molecule is CCCCCC/C=C/CCCCCCCCCc1cccc(O)c1O. The van der Waals surface area contributed by atoms with Crippen molar-refractivity contribution in [1.82, 2.24) is 0 Å². The van der Waals surface area contributed by atoms with Crippen molar-refractivity contribution in [3.63, 3.8) is 0 Å². The molecule has 0 saturated heterocycles. The minimum absolute atomic E-state index is 0.00694. The molecule has 0 radical (unpaired) electrons. The van der Waals surface area contributed by atoms with Crippen LogP contribution in [0.15, 0.2) is 30.4 Å². The number of allylic oxidation sites excluding steroid dienone is 2. The molecular weight excluding hydrogens is 308 g/mol. The third-order valence-corrected chi connectivity index (χ3v) is 4.81. The Morgan fingerprint density at radius 3 is 1.92 bits per heavy atom. The van der Waals surface area contributed by atoms with E-state index in [0.717, 1.165) is 18.4 Å². The second kappa shape index (κ2) is 14.9. The molecule has 2 N–H and O–H groups in total. The molecule has 0 unspecified atom stereocenters. The molecule has 0 saturated carbocycles. The molecule has 25 heavy (non-hydrogen) atoms. The molecule has 2 heteroatoms. The molecule has 1 aromatic carbocycles. The molecule has 1 rings (SSSR count). The van der Waals surface area contributed by atoms with Crippen LogP contribution in [0.5, 0.6) is 11.5 Å². The van der Waals surface area contributed by atoms with Crippen LogP contribution in [0.3, 0.4) is 0 Å². The Labute approximate surface area is 155 Å². The number of phenols is 2. The molecule has 1 aromatic rings. The van der Waals surface area contributed by atoms with Gasteiger partial charge >= 0.3 is 0 Å². The molecule has 0 heterocycles. The van der Waals surface area contributed by atoms with Gasteiger partial charge < -0.3 is 10.2 Å². The predicted octanol–water partition coefficient (Wildman–Crippen LogP) is 7.29. The van der Waals surface area contributed by atoms with Gasteiger partial charge in [-0.25, -0.2) is 0 Å². The number of benzene rings is 1. The van der Waals surface area contributed by atoms with Crippen molar-refractivity contribution in [2.24, 2.45) is 0 Å². The lowest BCUT2D eigenvalue weighted by molar-refractivity contribution is 0.398. The standard InChI is InChI=1S/C23H38O2/c1-2-3-4-5-6-7-8-9-10-11-12-13-14-15-16-18-21-19-17-20-22(24)23(21)25/h7-8,17,19-20,24-25H,2-6,9-16,18H2,1H3/b8-7+. The normalized spacial score (nSPS) is 11.4. The summed E-state index contributed by atoms with van der Waals surface area (Å²) in [6, 6.07) is 5.22. The molecular formula is C23H38O2. The minimum Gasteiger partial charge on any atom is -0.504 e. The molecule has 0 amide bonds. The number of rotatable bonds is 15. The minimum atomic E-state index is -0.00694. The van der Waals surface area contributed by atoms with Gasteiger partial charge in [0.25, 0.3) is 0 Å². The van der Waals surface area contributed by atoms with Crippen molar-refractivity contribution in [3.05, 3.63) is 35.9 Å². The maximum absolute atomic E-state index is 9.76. The molecule has 0 bridgehead atoms. The monoisotopic (exact) mass is 346 g/mol. The highest BCUT2D eigenvalue weighted by Gasteiger charge is 2.04. The first-order valence-corrected chi connectivity index (χ1v) is 10.4. The van der Waals surface area contributed by atoms with Crippen molar-refractivity contribution < 1.29 is 10.2 Å². The van der Waals surface area contributed by atoms with Crippen LogP contribution in [0.1, 0.15) is 96.0 Å².